The zero-order chi connectivity index (χ0) is 15.8. The number of anilines is 1. The van der Waals surface area contributed by atoms with E-state index in [0.717, 1.165) is 27.7 Å². The van der Waals surface area contributed by atoms with Crippen molar-refractivity contribution in [3.8, 4) is 0 Å². The second kappa shape index (κ2) is 5.73. The van der Waals surface area contributed by atoms with Crippen LogP contribution in [0.3, 0.4) is 0 Å². The first-order chi connectivity index (χ1) is 9.70. The first-order valence-corrected chi connectivity index (χ1v) is 8.23. The summed E-state index contributed by atoms with van der Waals surface area (Å²) in [6, 6.07) is 5.74. The van der Waals surface area contributed by atoms with Gasteiger partial charge in [0.05, 0.1) is 4.90 Å². The smallest absolute Gasteiger partial charge is 0.261 e. The van der Waals surface area contributed by atoms with Gasteiger partial charge in [0.15, 0.2) is 11.6 Å². The number of halogens is 3. The molecule has 2 aromatic carbocycles. The largest absolute Gasteiger partial charge is 0.280 e. The van der Waals surface area contributed by atoms with Gasteiger partial charge in [-0.3, -0.25) is 4.72 Å². The van der Waals surface area contributed by atoms with Gasteiger partial charge >= 0.3 is 0 Å². The van der Waals surface area contributed by atoms with Crippen molar-refractivity contribution in [2.75, 3.05) is 4.72 Å². The number of nitrogens with one attached hydrogen (secondary N) is 1. The van der Waals surface area contributed by atoms with Gasteiger partial charge in [0.25, 0.3) is 10.0 Å². The predicted octanol–water partition coefficient (Wildman–Crippen LogP) is 4.14. The van der Waals surface area contributed by atoms with Gasteiger partial charge in [-0.1, -0.05) is 15.9 Å². The monoisotopic (exact) mass is 375 g/mol. The Hall–Kier alpha value is -1.47. The van der Waals surface area contributed by atoms with Crippen LogP contribution in [0.4, 0.5) is 14.5 Å². The van der Waals surface area contributed by atoms with E-state index in [1.165, 1.54) is 0 Å². The summed E-state index contributed by atoms with van der Waals surface area (Å²) >= 11 is 3.39. The van der Waals surface area contributed by atoms with E-state index < -0.39 is 21.7 Å². The molecule has 0 aliphatic rings. The molecule has 0 fully saturated rings. The summed E-state index contributed by atoms with van der Waals surface area (Å²) in [5, 5.41) is 0. The van der Waals surface area contributed by atoms with E-state index in [1.807, 2.05) is 13.8 Å². The Balaban J connectivity index is 2.39. The fourth-order valence-electron chi connectivity index (χ4n) is 1.86. The van der Waals surface area contributed by atoms with E-state index >= 15 is 0 Å². The number of hydrogen-bond donors (Lipinski definition) is 1. The summed E-state index contributed by atoms with van der Waals surface area (Å²) in [6.07, 6.45) is 0. The van der Waals surface area contributed by atoms with Crippen LogP contribution in [0.25, 0.3) is 0 Å². The molecule has 0 bridgehead atoms. The van der Waals surface area contributed by atoms with Crippen LogP contribution in [0.15, 0.2) is 39.7 Å². The van der Waals surface area contributed by atoms with Gasteiger partial charge in [-0.15, -0.1) is 0 Å². The SMILES string of the molecule is Cc1cc(NS(=O)(=O)c2ccc(F)c(F)c2)cc(C)c1Br. The molecule has 2 rings (SSSR count). The van der Waals surface area contributed by atoms with Gasteiger partial charge in [0, 0.05) is 10.2 Å². The highest BCUT2D eigenvalue weighted by molar-refractivity contribution is 9.10. The summed E-state index contributed by atoms with van der Waals surface area (Å²) in [4.78, 5) is -0.334. The van der Waals surface area contributed by atoms with Gasteiger partial charge in [0.1, 0.15) is 0 Å². The molecule has 21 heavy (non-hydrogen) atoms. The van der Waals surface area contributed by atoms with Crippen LogP contribution >= 0.6 is 15.9 Å². The predicted molar refractivity (Wildman–Crippen MR) is 80.8 cm³/mol. The third kappa shape index (κ3) is 3.41. The minimum Gasteiger partial charge on any atom is -0.280 e. The molecule has 1 N–H and O–H groups in total. The average Bonchev–Trinajstić information content (AvgIpc) is 2.38. The van der Waals surface area contributed by atoms with E-state index in [9.17, 15) is 17.2 Å². The van der Waals surface area contributed by atoms with Crippen LogP contribution in [0, 0.1) is 25.5 Å². The summed E-state index contributed by atoms with van der Waals surface area (Å²) in [6.45, 7) is 3.65. The van der Waals surface area contributed by atoms with Gasteiger partial charge in [-0.05, 0) is 55.3 Å². The lowest BCUT2D eigenvalue weighted by Crippen LogP contribution is -2.13. The molecule has 0 aliphatic heterocycles. The van der Waals surface area contributed by atoms with Crippen LogP contribution in [-0.2, 0) is 10.0 Å². The Morgan fingerprint density at radius 2 is 1.57 bits per heavy atom. The number of aryl methyl sites for hydroxylation is 2. The number of rotatable bonds is 3. The van der Waals surface area contributed by atoms with Gasteiger partial charge in [0.2, 0.25) is 0 Å². The number of sulfonamides is 1. The molecule has 112 valence electrons. The Morgan fingerprint density at radius 1 is 1.00 bits per heavy atom. The number of hydrogen-bond acceptors (Lipinski definition) is 2. The second-order valence-electron chi connectivity index (χ2n) is 4.61. The van der Waals surface area contributed by atoms with Crippen molar-refractivity contribution in [1.29, 1.82) is 0 Å². The maximum absolute atomic E-state index is 13.2. The molecular weight excluding hydrogens is 364 g/mol. The Labute approximate surface area is 130 Å². The molecule has 0 amide bonds. The molecule has 0 spiro atoms. The molecule has 0 saturated heterocycles. The zero-order valence-corrected chi connectivity index (χ0v) is 13.6. The lowest BCUT2D eigenvalue weighted by molar-refractivity contribution is 0.504. The van der Waals surface area contributed by atoms with E-state index in [1.54, 1.807) is 12.1 Å². The third-order valence-electron chi connectivity index (χ3n) is 2.89. The van der Waals surface area contributed by atoms with E-state index in [0.29, 0.717) is 11.8 Å². The molecule has 0 radical (unpaired) electrons. The lowest BCUT2D eigenvalue weighted by atomic mass is 10.1. The fourth-order valence-corrected chi connectivity index (χ4v) is 3.14. The van der Waals surface area contributed by atoms with Crippen molar-refractivity contribution in [3.63, 3.8) is 0 Å². The summed E-state index contributed by atoms with van der Waals surface area (Å²) < 4.78 is 53.6. The van der Waals surface area contributed by atoms with Crippen molar-refractivity contribution >= 4 is 31.6 Å². The average molecular weight is 376 g/mol. The van der Waals surface area contributed by atoms with E-state index in [-0.39, 0.29) is 4.90 Å². The molecule has 0 saturated carbocycles. The molecule has 7 heteroatoms. The highest BCUT2D eigenvalue weighted by Crippen LogP contribution is 2.26. The van der Waals surface area contributed by atoms with Crippen LogP contribution in [-0.4, -0.2) is 8.42 Å². The molecule has 0 unspecified atom stereocenters. The summed E-state index contributed by atoms with van der Waals surface area (Å²) in [7, 11) is -3.97. The van der Waals surface area contributed by atoms with Crippen LogP contribution in [0.1, 0.15) is 11.1 Å². The van der Waals surface area contributed by atoms with Crippen molar-refractivity contribution in [2.24, 2.45) is 0 Å². The third-order valence-corrected chi connectivity index (χ3v) is 5.52. The van der Waals surface area contributed by atoms with Gasteiger partial charge < -0.3 is 0 Å². The molecular formula is C14H12BrF2NO2S. The van der Waals surface area contributed by atoms with E-state index in [4.69, 9.17) is 0 Å². The highest BCUT2D eigenvalue weighted by atomic mass is 79.9. The maximum Gasteiger partial charge on any atom is 0.261 e. The van der Waals surface area contributed by atoms with Crippen molar-refractivity contribution in [3.05, 3.63) is 57.6 Å². The minimum absolute atomic E-state index is 0.334. The Bertz CT molecular complexity index is 784. The van der Waals surface area contributed by atoms with Crippen molar-refractivity contribution in [2.45, 2.75) is 18.7 Å². The lowest BCUT2D eigenvalue weighted by Gasteiger charge is -2.11. The zero-order valence-electron chi connectivity index (χ0n) is 11.2. The molecule has 2 aromatic rings. The van der Waals surface area contributed by atoms with Crippen molar-refractivity contribution in [1.82, 2.24) is 0 Å². The van der Waals surface area contributed by atoms with Crippen LogP contribution in [0.2, 0.25) is 0 Å². The van der Waals surface area contributed by atoms with Gasteiger partial charge in [-0.25, -0.2) is 17.2 Å². The molecule has 0 heterocycles. The molecule has 3 nitrogen and oxygen atoms in total. The normalized spacial score (nSPS) is 11.5. The highest BCUT2D eigenvalue weighted by Gasteiger charge is 2.17. The summed E-state index contributed by atoms with van der Waals surface area (Å²) in [5.41, 5.74) is 2.08. The minimum atomic E-state index is -3.97. The Kier molecular flexibility index (Phi) is 4.34. The van der Waals surface area contributed by atoms with E-state index in [2.05, 4.69) is 20.7 Å². The second-order valence-corrected chi connectivity index (χ2v) is 7.08. The number of benzene rings is 2. The first-order valence-electron chi connectivity index (χ1n) is 5.95. The maximum atomic E-state index is 13.2. The molecule has 0 atom stereocenters. The molecule has 0 aromatic heterocycles. The summed E-state index contributed by atoms with van der Waals surface area (Å²) in [5.74, 6) is -2.30. The van der Waals surface area contributed by atoms with Gasteiger partial charge in [-0.2, -0.15) is 0 Å². The first kappa shape index (κ1) is 15.9. The van der Waals surface area contributed by atoms with Crippen LogP contribution < -0.4 is 4.72 Å². The van der Waals surface area contributed by atoms with Crippen molar-refractivity contribution < 1.29 is 17.2 Å². The molecule has 0 aliphatic carbocycles. The topological polar surface area (TPSA) is 46.2 Å². The Morgan fingerprint density at radius 3 is 2.10 bits per heavy atom. The van der Waals surface area contributed by atoms with Crippen LogP contribution in [0.5, 0.6) is 0 Å². The fraction of sp³-hybridized carbons (Fsp3) is 0.143. The quantitative estimate of drug-likeness (QED) is 0.875. The standard InChI is InChI=1S/C14H12BrF2NO2S/c1-8-5-10(6-9(2)14(8)15)18-21(19,20)11-3-4-12(16)13(17)7-11/h3-7,18H,1-2H3.